The molecule has 0 radical (unpaired) electrons. The van der Waals surface area contributed by atoms with Crippen molar-refractivity contribution in [3.63, 3.8) is 0 Å². The first-order valence-electron chi connectivity index (χ1n) is 7.81. The maximum absolute atomic E-state index is 12.1. The van der Waals surface area contributed by atoms with E-state index in [1.54, 1.807) is 0 Å². The molecule has 1 aromatic rings. The molecule has 1 aromatic carbocycles. The van der Waals surface area contributed by atoms with Crippen LogP contribution in [0.2, 0.25) is 0 Å². The van der Waals surface area contributed by atoms with Crippen LogP contribution in [0.15, 0.2) is 24.3 Å². The van der Waals surface area contributed by atoms with Crippen molar-refractivity contribution >= 4 is 11.6 Å². The second-order valence-electron chi connectivity index (χ2n) is 5.95. The minimum absolute atomic E-state index is 0.0989. The van der Waals surface area contributed by atoms with Gasteiger partial charge in [-0.25, -0.2) is 0 Å². The van der Waals surface area contributed by atoms with E-state index in [0.717, 1.165) is 24.3 Å². The van der Waals surface area contributed by atoms with Gasteiger partial charge in [-0.2, -0.15) is 0 Å². The third-order valence-electron chi connectivity index (χ3n) is 4.31. The Morgan fingerprint density at radius 1 is 1.25 bits per heavy atom. The predicted octanol–water partition coefficient (Wildman–Crippen LogP) is 3.29. The number of hydrogen-bond donors (Lipinski definition) is 2. The Morgan fingerprint density at radius 3 is 2.60 bits per heavy atom. The summed E-state index contributed by atoms with van der Waals surface area (Å²) in [5, 5.41) is 3.16. The van der Waals surface area contributed by atoms with Gasteiger partial charge in [0.15, 0.2) is 0 Å². The van der Waals surface area contributed by atoms with Crippen molar-refractivity contribution in [1.29, 1.82) is 0 Å². The molecular weight excluding hydrogens is 248 g/mol. The van der Waals surface area contributed by atoms with Crippen LogP contribution in [0.1, 0.15) is 51.0 Å². The van der Waals surface area contributed by atoms with E-state index in [-0.39, 0.29) is 5.91 Å². The number of nitrogens with one attached hydrogen (secondary N) is 1. The van der Waals surface area contributed by atoms with Gasteiger partial charge >= 0.3 is 0 Å². The van der Waals surface area contributed by atoms with Crippen LogP contribution in [0, 0.1) is 5.92 Å². The van der Waals surface area contributed by atoms with Crippen molar-refractivity contribution < 1.29 is 4.79 Å². The molecule has 0 atom stereocenters. The van der Waals surface area contributed by atoms with Gasteiger partial charge in [0.25, 0.3) is 0 Å². The van der Waals surface area contributed by atoms with Gasteiger partial charge in [0.2, 0.25) is 5.91 Å². The molecule has 0 saturated heterocycles. The smallest absolute Gasteiger partial charge is 0.224 e. The van der Waals surface area contributed by atoms with Crippen LogP contribution in [0.3, 0.4) is 0 Å². The summed E-state index contributed by atoms with van der Waals surface area (Å²) in [6.45, 7) is 2.25. The van der Waals surface area contributed by atoms with Gasteiger partial charge in [-0.15, -0.1) is 0 Å². The van der Waals surface area contributed by atoms with Crippen LogP contribution in [-0.2, 0) is 11.2 Å². The zero-order chi connectivity index (χ0) is 14.4. The maximum Gasteiger partial charge on any atom is 0.224 e. The Labute approximate surface area is 121 Å². The van der Waals surface area contributed by atoms with Crippen LogP contribution in [0.5, 0.6) is 0 Å². The summed E-state index contributed by atoms with van der Waals surface area (Å²) < 4.78 is 0. The molecule has 2 rings (SSSR count). The number of nitrogens with two attached hydrogens (primary N) is 1. The fraction of sp³-hybridized carbons (Fsp3) is 0.588. The van der Waals surface area contributed by atoms with Gasteiger partial charge in [-0.1, -0.05) is 38.0 Å². The number of benzene rings is 1. The first-order valence-corrected chi connectivity index (χ1v) is 7.81. The van der Waals surface area contributed by atoms with Gasteiger partial charge in [0.05, 0.1) is 6.42 Å². The molecular formula is C17H26N2O. The lowest BCUT2D eigenvalue weighted by Gasteiger charge is -2.29. The highest BCUT2D eigenvalue weighted by Crippen LogP contribution is 2.27. The van der Waals surface area contributed by atoms with Crippen molar-refractivity contribution in [3.05, 3.63) is 29.8 Å². The van der Waals surface area contributed by atoms with Crippen LogP contribution in [-0.4, -0.2) is 11.9 Å². The highest BCUT2D eigenvalue weighted by atomic mass is 16.1. The topological polar surface area (TPSA) is 55.1 Å². The zero-order valence-corrected chi connectivity index (χ0v) is 12.4. The second-order valence-corrected chi connectivity index (χ2v) is 5.95. The predicted molar refractivity (Wildman–Crippen MR) is 83.4 cm³/mol. The number of carbonyl (C=O) groups is 1. The Balaban J connectivity index is 1.77. The summed E-state index contributed by atoms with van der Waals surface area (Å²) in [5.74, 6) is 0.972. The lowest BCUT2D eigenvalue weighted by atomic mass is 9.83. The van der Waals surface area contributed by atoms with Gasteiger partial charge in [-0.05, 0) is 43.2 Å². The maximum atomic E-state index is 12.1. The number of amides is 1. The molecule has 110 valence electrons. The first-order chi connectivity index (χ1) is 9.69. The standard InChI is InChI=1S/C17H26N2O/c1-2-5-13-8-10-15(11-9-13)19-17(20)12-14-6-3-4-7-16(14)18/h3-4,6-7,13,15H,2,5,8-12,18H2,1H3,(H,19,20). The zero-order valence-electron chi connectivity index (χ0n) is 12.4. The number of rotatable bonds is 5. The molecule has 0 bridgehead atoms. The molecule has 0 unspecified atom stereocenters. The highest BCUT2D eigenvalue weighted by molar-refractivity contribution is 5.80. The molecule has 1 fully saturated rings. The molecule has 0 aromatic heterocycles. The first kappa shape index (κ1) is 14.9. The number of carbonyl (C=O) groups excluding carboxylic acids is 1. The van der Waals surface area contributed by atoms with E-state index < -0.39 is 0 Å². The average molecular weight is 274 g/mol. The van der Waals surface area contributed by atoms with E-state index in [4.69, 9.17) is 5.73 Å². The summed E-state index contributed by atoms with van der Waals surface area (Å²) in [4.78, 5) is 12.1. The van der Waals surface area contributed by atoms with E-state index in [0.29, 0.717) is 18.2 Å². The fourth-order valence-electron chi connectivity index (χ4n) is 3.15. The molecule has 0 heterocycles. The molecule has 3 heteroatoms. The molecule has 0 aliphatic heterocycles. The van der Waals surface area contributed by atoms with Crippen molar-refractivity contribution in [2.24, 2.45) is 5.92 Å². The third-order valence-corrected chi connectivity index (χ3v) is 4.31. The molecule has 1 aliphatic carbocycles. The fourth-order valence-corrected chi connectivity index (χ4v) is 3.15. The molecule has 1 amide bonds. The minimum atomic E-state index is 0.0989. The summed E-state index contributed by atoms with van der Waals surface area (Å²) in [7, 11) is 0. The quantitative estimate of drug-likeness (QED) is 0.810. The normalized spacial score (nSPS) is 22.4. The van der Waals surface area contributed by atoms with Crippen LogP contribution < -0.4 is 11.1 Å². The summed E-state index contributed by atoms with van der Waals surface area (Å²) in [6, 6.07) is 7.95. The second kappa shape index (κ2) is 7.32. The molecule has 3 N–H and O–H groups in total. The minimum Gasteiger partial charge on any atom is -0.398 e. The van der Waals surface area contributed by atoms with E-state index in [2.05, 4.69) is 12.2 Å². The van der Waals surface area contributed by atoms with E-state index in [9.17, 15) is 4.79 Å². The van der Waals surface area contributed by atoms with Crippen molar-refractivity contribution in [3.8, 4) is 0 Å². The van der Waals surface area contributed by atoms with Gasteiger partial charge in [-0.3, -0.25) is 4.79 Å². The number of hydrogen-bond acceptors (Lipinski definition) is 2. The summed E-state index contributed by atoms with van der Waals surface area (Å²) >= 11 is 0. The largest absolute Gasteiger partial charge is 0.398 e. The van der Waals surface area contributed by atoms with Gasteiger partial charge < -0.3 is 11.1 Å². The van der Waals surface area contributed by atoms with Crippen LogP contribution in [0.25, 0.3) is 0 Å². The molecule has 3 nitrogen and oxygen atoms in total. The van der Waals surface area contributed by atoms with E-state index in [1.165, 1.54) is 25.7 Å². The van der Waals surface area contributed by atoms with Gasteiger partial charge in [0.1, 0.15) is 0 Å². The number of para-hydroxylation sites is 1. The highest BCUT2D eigenvalue weighted by Gasteiger charge is 2.21. The Hall–Kier alpha value is -1.51. The SMILES string of the molecule is CCCC1CCC(NC(=O)Cc2ccccc2N)CC1. The number of nitrogen functional groups attached to an aromatic ring is 1. The monoisotopic (exact) mass is 274 g/mol. The third kappa shape index (κ3) is 4.26. The van der Waals surface area contributed by atoms with Crippen molar-refractivity contribution in [1.82, 2.24) is 5.32 Å². The Kier molecular flexibility index (Phi) is 5.45. The summed E-state index contributed by atoms with van der Waals surface area (Å²) in [5.41, 5.74) is 7.50. The number of anilines is 1. The lowest BCUT2D eigenvalue weighted by molar-refractivity contribution is -0.121. The Morgan fingerprint density at radius 2 is 1.95 bits per heavy atom. The molecule has 20 heavy (non-hydrogen) atoms. The van der Waals surface area contributed by atoms with E-state index >= 15 is 0 Å². The van der Waals surface area contributed by atoms with Crippen molar-refractivity contribution in [2.75, 3.05) is 5.73 Å². The average Bonchev–Trinajstić information content (AvgIpc) is 2.44. The molecule has 1 aliphatic rings. The lowest BCUT2D eigenvalue weighted by Crippen LogP contribution is -2.38. The van der Waals surface area contributed by atoms with Gasteiger partial charge in [0, 0.05) is 11.7 Å². The Bertz CT molecular complexity index is 436. The molecule has 0 spiro atoms. The van der Waals surface area contributed by atoms with Crippen molar-refractivity contribution in [2.45, 2.75) is 57.9 Å². The van der Waals surface area contributed by atoms with Crippen LogP contribution >= 0.6 is 0 Å². The van der Waals surface area contributed by atoms with Crippen LogP contribution in [0.4, 0.5) is 5.69 Å². The molecule has 1 saturated carbocycles. The van der Waals surface area contributed by atoms with E-state index in [1.807, 2.05) is 24.3 Å². The summed E-state index contributed by atoms with van der Waals surface area (Å²) in [6.07, 6.45) is 7.76.